The maximum Gasteiger partial charge on any atom is 0.350 e. The van der Waals surface area contributed by atoms with Gasteiger partial charge in [-0.05, 0) is 30.9 Å². The number of carbonyl (C=O) groups excluding carboxylic acids is 3. The molecule has 1 heterocycles. The van der Waals surface area contributed by atoms with Crippen LogP contribution in [0.1, 0.15) is 49.0 Å². The summed E-state index contributed by atoms with van der Waals surface area (Å²) in [6.45, 7) is 2.99. The smallest absolute Gasteiger partial charge is 0.350 e. The van der Waals surface area contributed by atoms with Gasteiger partial charge < -0.3 is 14.8 Å². The highest BCUT2D eigenvalue weighted by Gasteiger charge is 2.39. The topological polar surface area (TPSA) is 81.7 Å². The van der Waals surface area contributed by atoms with Crippen LogP contribution >= 0.6 is 0 Å². The molecule has 0 saturated carbocycles. The summed E-state index contributed by atoms with van der Waals surface area (Å²) < 4.78 is 10.1. The van der Waals surface area contributed by atoms with E-state index in [9.17, 15) is 14.4 Å². The Bertz CT molecular complexity index is 726. The highest BCUT2D eigenvalue weighted by atomic mass is 16.7. The van der Waals surface area contributed by atoms with Gasteiger partial charge in [-0.3, -0.25) is 4.79 Å². The van der Waals surface area contributed by atoms with Gasteiger partial charge in [-0.25, -0.2) is 9.59 Å². The summed E-state index contributed by atoms with van der Waals surface area (Å²) >= 11 is 0. The van der Waals surface area contributed by atoms with E-state index < -0.39 is 17.7 Å². The Balaban J connectivity index is 1.87. The van der Waals surface area contributed by atoms with Gasteiger partial charge in [0.25, 0.3) is 5.79 Å². The standard InChI is InChI=1S/C18H19NO5/c1-18(2)23-16(21)13(17(22)24-18)10-19-14-8-5-7-12-11(14)6-3-4-9-15(12)20/h5,7-8,10,19H,3-4,6,9H2,1-2H3. The number of cyclic esters (lactones) is 2. The Morgan fingerprint density at radius 2 is 1.71 bits per heavy atom. The van der Waals surface area contributed by atoms with E-state index in [0.29, 0.717) is 17.7 Å². The molecular formula is C18H19NO5. The molecule has 1 aromatic rings. The molecule has 0 atom stereocenters. The van der Waals surface area contributed by atoms with Crippen LogP contribution in [0.4, 0.5) is 5.69 Å². The first-order chi connectivity index (χ1) is 11.4. The number of ether oxygens (including phenoxy) is 2. The monoisotopic (exact) mass is 329 g/mol. The second-order valence-electron chi connectivity index (χ2n) is 6.34. The van der Waals surface area contributed by atoms with Crippen molar-refractivity contribution in [3.8, 4) is 0 Å². The van der Waals surface area contributed by atoms with Crippen molar-refractivity contribution in [3.05, 3.63) is 41.1 Å². The van der Waals surface area contributed by atoms with Crippen LogP contribution in [0, 0.1) is 0 Å². The summed E-state index contributed by atoms with van der Waals surface area (Å²) in [7, 11) is 0. The molecule has 0 unspecified atom stereocenters. The highest BCUT2D eigenvalue weighted by Crippen LogP contribution is 2.28. The number of Topliss-reactive ketones (excluding diaryl/α,β-unsaturated/α-hetero) is 1. The predicted molar refractivity (Wildman–Crippen MR) is 86.3 cm³/mol. The molecule has 1 aliphatic carbocycles. The third-order valence-electron chi connectivity index (χ3n) is 4.05. The van der Waals surface area contributed by atoms with Crippen LogP contribution in [0.15, 0.2) is 30.0 Å². The van der Waals surface area contributed by atoms with Crippen molar-refractivity contribution in [3.63, 3.8) is 0 Å². The molecule has 1 saturated heterocycles. The number of rotatable bonds is 2. The van der Waals surface area contributed by atoms with Crippen molar-refractivity contribution in [1.82, 2.24) is 0 Å². The molecule has 6 heteroatoms. The van der Waals surface area contributed by atoms with Crippen molar-refractivity contribution in [2.24, 2.45) is 0 Å². The lowest BCUT2D eigenvalue weighted by Gasteiger charge is -2.29. The molecule has 24 heavy (non-hydrogen) atoms. The van der Waals surface area contributed by atoms with Gasteiger partial charge in [0.05, 0.1) is 0 Å². The maximum absolute atomic E-state index is 12.1. The summed E-state index contributed by atoms with van der Waals surface area (Å²) in [5, 5.41) is 2.96. The van der Waals surface area contributed by atoms with Crippen molar-refractivity contribution in [2.75, 3.05) is 5.32 Å². The van der Waals surface area contributed by atoms with Crippen molar-refractivity contribution < 1.29 is 23.9 Å². The Hall–Kier alpha value is -2.63. The second kappa shape index (κ2) is 6.11. The molecule has 1 fully saturated rings. The number of benzene rings is 1. The second-order valence-corrected chi connectivity index (χ2v) is 6.34. The first kappa shape index (κ1) is 16.2. The van der Waals surface area contributed by atoms with Gasteiger partial charge in [-0.15, -0.1) is 0 Å². The quantitative estimate of drug-likeness (QED) is 0.389. The molecule has 0 spiro atoms. The minimum absolute atomic E-state index is 0.122. The molecule has 126 valence electrons. The molecule has 1 aliphatic heterocycles. The Kier molecular flexibility index (Phi) is 4.13. The molecule has 0 radical (unpaired) electrons. The first-order valence-electron chi connectivity index (χ1n) is 7.96. The lowest BCUT2D eigenvalue weighted by molar-refractivity contribution is -0.222. The molecule has 3 rings (SSSR count). The number of fused-ring (bicyclic) bond motifs is 1. The summed E-state index contributed by atoms with van der Waals surface area (Å²) in [6.07, 6.45) is 4.39. The fourth-order valence-electron chi connectivity index (χ4n) is 2.90. The third kappa shape index (κ3) is 3.18. The number of hydrogen-bond donors (Lipinski definition) is 1. The van der Waals surface area contributed by atoms with Crippen molar-refractivity contribution in [2.45, 2.75) is 45.3 Å². The Labute approximate surface area is 139 Å². The minimum Gasteiger partial charge on any atom is -0.419 e. The van der Waals surface area contributed by atoms with Gasteiger partial charge in [0.2, 0.25) is 0 Å². The third-order valence-corrected chi connectivity index (χ3v) is 4.05. The van der Waals surface area contributed by atoms with E-state index in [-0.39, 0.29) is 11.4 Å². The van der Waals surface area contributed by atoms with E-state index in [1.54, 1.807) is 6.07 Å². The molecule has 1 aromatic carbocycles. The van der Waals surface area contributed by atoms with Gasteiger partial charge in [0, 0.05) is 37.7 Å². The molecule has 0 bridgehead atoms. The lowest BCUT2D eigenvalue weighted by atomic mass is 10.00. The van der Waals surface area contributed by atoms with Gasteiger partial charge >= 0.3 is 11.9 Å². The molecule has 2 aliphatic rings. The van der Waals surface area contributed by atoms with Crippen LogP contribution in [-0.4, -0.2) is 23.5 Å². The predicted octanol–water partition coefficient (Wildman–Crippen LogP) is 2.73. The SMILES string of the molecule is CC1(C)OC(=O)C(=CNc2cccc3c2CCCCC3=O)C(=O)O1. The summed E-state index contributed by atoms with van der Waals surface area (Å²) in [6, 6.07) is 5.41. The van der Waals surface area contributed by atoms with Crippen LogP contribution in [-0.2, 0) is 25.5 Å². The van der Waals surface area contributed by atoms with E-state index in [4.69, 9.17) is 9.47 Å². The summed E-state index contributed by atoms with van der Waals surface area (Å²) in [5.74, 6) is -2.61. The average Bonchev–Trinajstić information content (AvgIpc) is 2.68. The molecule has 1 N–H and O–H groups in total. The van der Waals surface area contributed by atoms with Crippen LogP contribution in [0.2, 0.25) is 0 Å². The fraction of sp³-hybridized carbons (Fsp3) is 0.389. The average molecular weight is 329 g/mol. The van der Waals surface area contributed by atoms with Crippen molar-refractivity contribution in [1.29, 1.82) is 0 Å². The zero-order valence-corrected chi connectivity index (χ0v) is 13.7. The van der Waals surface area contributed by atoms with Gasteiger partial charge in [0.15, 0.2) is 11.4 Å². The minimum atomic E-state index is -1.26. The number of anilines is 1. The van der Waals surface area contributed by atoms with E-state index >= 15 is 0 Å². The fourth-order valence-corrected chi connectivity index (χ4v) is 2.90. The normalized spacial score (nSPS) is 19.8. The van der Waals surface area contributed by atoms with E-state index in [2.05, 4.69) is 5.32 Å². The molecular weight excluding hydrogens is 310 g/mol. The zero-order chi connectivity index (χ0) is 17.3. The van der Waals surface area contributed by atoms with Gasteiger partial charge in [0.1, 0.15) is 0 Å². The summed E-state index contributed by atoms with van der Waals surface area (Å²) in [5.41, 5.74) is 2.12. The molecule has 0 aromatic heterocycles. The number of nitrogens with one attached hydrogen (secondary N) is 1. The van der Waals surface area contributed by atoms with Crippen molar-refractivity contribution >= 4 is 23.4 Å². The lowest BCUT2D eigenvalue weighted by Crippen LogP contribution is -2.42. The Morgan fingerprint density at radius 1 is 1.04 bits per heavy atom. The van der Waals surface area contributed by atoms with Gasteiger partial charge in [-0.1, -0.05) is 12.1 Å². The maximum atomic E-state index is 12.1. The number of carbonyl (C=O) groups is 3. The Morgan fingerprint density at radius 3 is 2.42 bits per heavy atom. The van der Waals surface area contributed by atoms with Crippen LogP contribution in [0.3, 0.4) is 0 Å². The largest absolute Gasteiger partial charge is 0.419 e. The van der Waals surface area contributed by atoms with Gasteiger partial charge in [-0.2, -0.15) is 0 Å². The zero-order valence-electron chi connectivity index (χ0n) is 13.7. The number of ketones is 1. The molecule has 0 amide bonds. The van der Waals surface area contributed by atoms with Crippen LogP contribution in [0.5, 0.6) is 0 Å². The first-order valence-corrected chi connectivity index (χ1v) is 7.96. The van der Waals surface area contributed by atoms with Crippen LogP contribution < -0.4 is 5.32 Å². The molecule has 6 nitrogen and oxygen atoms in total. The number of hydrogen-bond acceptors (Lipinski definition) is 6. The van der Waals surface area contributed by atoms with Crippen LogP contribution in [0.25, 0.3) is 0 Å². The summed E-state index contributed by atoms with van der Waals surface area (Å²) in [4.78, 5) is 36.1. The van der Waals surface area contributed by atoms with E-state index in [1.807, 2.05) is 12.1 Å². The van der Waals surface area contributed by atoms with E-state index in [0.717, 1.165) is 24.8 Å². The highest BCUT2D eigenvalue weighted by molar-refractivity contribution is 6.15. The van der Waals surface area contributed by atoms with E-state index in [1.165, 1.54) is 20.0 Å². The number of esters is 2.